The van der Waals surface area contributed by atoms with Crippen LogP contribution in [0.5, 0.6) is 0 Å². The quantitative estimate of drug-likeness (QED) is 0.920. The molecule has 0 aliphatic heterocycles. The molecule has 0 aliphatic carbocycles. The Morgan fingerprint density at radius 1 is 1.33 bits per heavy atom. The van der Waals surface area contributed by atoms with E-state index in [9.17, 15) is 22.8 Å². The van der Waals surface area contributed by atoms with E-state index in [2.05, 4.69) is 5.32 Å². The molecular weight excluding hydrogens is 309 g/mol. The van der Waals surface area contributed by atoms with Crippen LogP contribution in [0.25, 0.3) is 0 Å². The highest BCUT2D eigenvalue weighted by Crippen LogP contribution is 2.29. The molecule has 0 aromatic heterocycles. The summed E-state index contributed by atoms with van der Waals surface area (Å²) in [7, 11) is 0.997. The lowest BCUT2D eigenvalue weighted by Gasteiger charge is -2.19. The molecule has 21 heavy (non-hydrogen) atoms. The van der Waals surface area contributed by atoms with Gasteiger partial charge in [0.2, 0.25) is 5.91 Å². The van der Waals surface area contributed by atoms with Gasteiger partial charge in [0.05, 0.1) is 10.7 Å². The number of amides is 2. The standard InChI is InChI=1S/C13H14ClF3N2O2/c1-3-4-11(20)18-10-6-5-8(7-9(10)14)19(2)12(21)13(15,16)17/h5-7H,3-4H2,1-2H3,(H,18,20). The SMILES string of the molecule is CCCC(=O)Nc1ccc(N(C)C(=O)C(F)(F)F)cc1Cl. The van der Waals surface area contributed by atoms with E-state index in [4.69, 9.17) is 11.6 Å². The summed E-state index contributed by atoms with van der Waals surface area (Å²) in [5.41, 5.74) is 0.266. The predicted molar refractivity (Wildman–Crippen MR) is 74.5 cm³/mol. The molecule has 0 atom stereocenters. The van der Waals surface area contributed by atoms with Gasteiger partial charge in [-0.05, 0) is 24.6 Å². The van der Waals surface area contributed by atoms with Gasteiger partial charge < -0.3 is 10.2 Å². The van der Waals surface area contributed by atoms with E-state index in [1.165, 1.54) is 18.2 Å². The van der Waals surface area contributed by atoms with Gasteiger partial charge in [0.1, 0.15) is 0 Å². The second kappa shape index (κ2) is 6.80. The summed E-state index contributed by atoms with van der Waals surface area (Å²) in [6.45, 7) is 1.84. The average Bonchev–Trinajstić information content (AvgIpc) is 2.38. The van der Waals surface area contributed by atoms with Crippen molar-refractivity contribution in [1.29, 1.82) is 0 Å². The van der Waals surface area contributed by atoms with Crippen molar-refractivity contribution in [2.24, 2.45) is 0 Å². The molecule has 1 rings (SSSR count). The number of carbonyl (C=O) groups is 2. The Morgan fingerprint density at radius 2 is 1.95 bits per heavy atom. The summed E-state index contributed by atoms with van der Waals surface area (Å²) in [6, 6.07) is 3.81. The highest BCUT2D eigenvalue weighted by Gasteiger charge is 2.41. The van der Waals surface area contributed by atoms with Crippen molar-refractivity contribution >= 4 is 34.8 Å². The number of nitrogens with one attached hydrogen (secondary N) is 1. The first kappa shape index (κ1) is 17.3. The zero-order chi connectivity index (χ0) is 16.2. The third kappa shape index (κ3) is 4.63. The van der Waals surface area contributed by atoms with E-state index in [1.807, 2.05) is 6.92 Å². The molecule has 0 bridgehead atoms. The number of rotatable bonds is 4. The fraction of sp³-hybridized carbons (Fsp3) is 0.385. The third-order valence-corrected chi connectivity index (χ3v) is 2.95. The molecule has 8 heteroatoms. The molecule has 0 saturated heterocycles. The van der Waals surface area contributed by atoms with Crippen molar-refractivity contribution in [2.75, 3.05) is 17.3 Å². The third-order valence-electron chi connectivity index (χ3n) is 2.64. The van der Waals surface area contributed by atoms with E-state index in [-0.39, 0.29) is 22.3 Å². The fourth-order valence-electron chi connectivity index (χ4n) is 1.56. The second-order valence-corrected chi connectivity index (χ2v) is 4.73. The first-order chi connectivity index (χ1) is 9.66. The first-order valence-corrected chi connectivity index (χ1v) is 6.49. The normalized spacial score (nSPS) is 11.1. The average molecular weight is 323 g/mol. The zero-order valence-electron chi connectivity index (χ0n) is 11.4. The maximum atomic E-state index is 12.3. The summed E-state index contributed by atoms with van der Waals surface area (Å²) in [6.07, 6.45) is -4.00. The number of hydrogen-bond acceptors (Lipinski definition) is 2. The molecule has 1 aromatic carbocycles. The van der Waals surface area contributed by atoms with Gasteiger partial charge in [0.15, 0.2) is 0 Å². The molecule has 0 aliphatic rings. The minimum atomic E-state index is -4.96. The first-order valence-electron chi connectivity index (χ1n) is 6.11. The Balaban J connectivity index is 2.92. The summed E-state index contributed by atoms with van der Waals surface area (Å²) < 4.78 is 37.0. The molecular formula is C13H14ClF3N2O2. The maximum Gasteiger partial charge on any atom is 0.471 e. The molecule has 0 spiro atoms. The zero-order valence-corrected chi connectivity index (χ0v) is 12.2. The Morgan fingerprint density at radius 3 is 2.43 bits per heavy atom. The number of alkyl halides is 3. The molecule has 1 aromatic rings. The predicted octanol–water partition coefficient (Wildman–Crippen LogP) is 3.60. The van der Waals surface area contributed by atoms with E-state index >= 15 is 0 Å². The molecule has 0 fully saturated rings. The number of hydrogen-bond donors (Lipinski definition) is 1. The number of nitrogens with zero attached hydrogens (tertiary/aromatic N) is 1. The largest absolute Gasteiger partial charge is 0.471 e. The van der Waals surface area contributed by atoms with Crippen LogP contribution in [-0.2, 0) is 9.59 Å². The lowest BCUT2D eigenvalue weighted by Crippen LogP contribution is -2.38. The van der Waals surface area contributed by atoms with Gasteiger partial charge in [0.25, 0.3) is 0 Å². The molecule has 0 unspecified atom stereocenters. The number of carbonyl (C=O) groups excluding carboxylic acids is 2. The number of halogens is 4. The van der Waals surface area contributed by atoms with Crippen molar-refractivity contribution in [3.05, 3.63) is 23.2 Å². The maximum absolute atomic E-state index is 12.3. The van der Waals surface area contributed by atoms with Crippen LogP contribution in [0.2, 0.25) is 5.02 Å². The summed E-state index contributed by atoms with van der Waals surface area (Å²) in [5, 5.41) is 2.59. The van der Waals surface area contributed by atoms with Gasteiger partial charge >= 0.3 is 12.1 Å². The topological polar surface area (TPSA) is 49.4 Å². The van der Waals surface area contributed by atoms with Crippen molar-refractivity contribution in [2.45, 2.75) is 25.9 Å². The smallest absolute Gasteiger partial charge is 0.325 e. The van der Waals surface area contributed by atoms with Crippen LogP contribution in [-0.4, -0.2) is 25.0 Å². The molecule has 2 amide bonds. The molecule has 0 radical (unpaired) electrons. The second-order valence-electron chi connectivity index (χ2n) is 4.32. The summed E-state index contributed by atoms with van der Waals surface area (Å²) in [4.78, 5) is 23.0. The van der Waals surface area contributed by atoms with Gasteiger partial charge in [-0.15, -0.1) is 0 Å². The summed E-state index contributed by atoms with van der Waals surface area (Å²) >= 11 is 5.90. The monoisotopic (exact) mass is 322 g/mol. The highest BCUT2D eigenvalue weighted by molar-refractivity contribution is 6.34. The summed E-state index contributed by atoms with van der Waals surface area (Å²) in [5.74, 6) is -2.24. The Labute approximate surface area is 124 Å². The molecule has 1 N–H and O–H groups in total. The molecule has 0 saturated carbocycles. The fourth-order valence-corrected chi connectivity index (χ4v) is 1.78. The van der Waals surface area contributed by atoms with E-state index in [0.29, 0.717) is 17.7 Å². The van der Waals surface area contributed by atoms with Crippen LogP contribution in [0.1, 0.15) is 19.8 Å². The molecule has 0 heterocycles. The molecule has 4 nitrogen and oxygen atoms in total. The van der Waals surface area contributed by atoms with Crippen LogP contribution >= 0.6 is 11.6 Å². The van der Waals surface area contributed by atoms with Crippen molar-refractivity contribution in [3.8, 4) is 0 Å². The lowest BCUT2D eigenvalue weighted by molar-refractivity contribution is -0.170. The van der Waals surface area contributed by atoms with Crippen LogP contribution < -0.4 is 10.2 Å². The Hall–Kier alpha value is -1.76. The van der Waals surface area contributed by atoms with Gasteiger partial charge in [-0.1, -0.05) is 18.5 Å². The van der Waals surface area contributed by atoms with Crippen molar-refractivity contribution in [1.82, 2.24) is 0 Å². The van der Waals surface area contributed by atoms with Crippen LogP contribution in [0.15, 0.2) is 18.2 Å². The van der Waals surface area contributed by atoms with Crippen molar-refractivity contribution in [3.63, 3.8) is 0 Å². The highest BCUT2D eigenvalue weighted by atomic mass is 35.5. The van der Waals surface area contributed by atoms with E-state index in [0.717, 1.165) is 7.05 Å². The minimum absolute atomic E-state index is 0.0178. The van der Waals surface area contributed by atoms with E-state index in [1.54, 1.807) is 0 Å². The van der Waals surface area contributed by atoms with Gasteiger partial charge in [0, 0.05) is 19.2 Å². The van der Waals surface area contributed by atoms with Gasteiger partial charge in [-0.25, -0.2) is 0 Å². The Kier molecular flexibility index (Phi) is 5.60. The molecule has 116 valence electrons. The van der Waals surface area contributed by atoms with Crippen LogP contribution in [0.3, 0.4) is 0 Å². The number of anilines is 2. The van der Waals surface area contributed by atoms with Crippen molar-refractivity contribution < 1.29 is 22.8 Å². The van der Waals surface area contributed by atoms with Gasteiger partial charge in [-0.2, -0.15) is 13.2 Å². The number of benzene rings is 1. The Bertz CT molecular complexity index is 547. The minimum Gasteiger partial charge on any atom is -0.325 e. The van der Waals surface area contributed by atoms with Crippen LogP contribution in [0.4, 0.5) is 24.5 Å². The van der Waals surface area contributed by atoms with Gasteiger partial charge in [-0.3, -0.25) is 9.59 Å². The lowest BCUT2D eigenvalue weighted by atomic mass is 10.2. The van der Waals surface area contributed by atoms with Crippen LogP contribution in [0, 0.1) is 0 Å². The van der Waals surface area contributed by atoms with E-state index < -0.39 is 12.1 Å².